The Morgan fingerprint density at radius 1 is 1.24 bits per heavy atom. The third-order valence-electron chi connectivity index (χ3n) is 6.91. The van der Waals surface area contributed by atoms with Crippen molar-refractivity contribution in [3.05, 3.63) is 18.3 Å². The lowest BCUT2D eigenvalue weighted by atomic mass is 9.78. The molecular formula is C22H32N4O3. The van der Waals surface area contributed by atoms with E-state index in [2.05, 4.69) is 20.1 Å². The SMILES string of the molecule is CCC(=O)Nc1ccc(N2CCC[C@]3(CCN(C4CCC(O)CC4)C3=O)C2)nc1. The number of hydrogen-bond donors (Lipinski definition) is 2. The lowest BCUT2D eigenvalue weighted by molar-refractivity contribution is -0.139. The molecule has 2 amide bonds. The number of carbonyl (C=O) groups excluding carboxylic acids is 2. The van der Waals surface area contributed by atoms with Crippen molar-refractivity contribution in [1.29, 1.82) is 0 Å². The molecule has 4 rings (SSSR count). The Labute approximate surface area is 172 Å². The molecule has 3 aliphatic rings. The van der Waals surface area contributed by atoms with Gasteiger partial charge in [-0.1, -0.05) is 6.92 Å². The van der Waals surface area contributed by atoms with E-state index >= 15 is 0 Å². The Morgan fingerprint density at radius 3 is 2.72 bits per heavy atom. The van der Waals surface area contributed by atoms with Crippen LogP contribution in [0.1, 0.15) is 58.3 Å². The lowest BCUT2D eigenvalue weighted by Crippen LogP contribution is -2.50. The van der Waals surface area contributed by atoms with Gasteiger partial charge in [-0.2, -0.15) is 0 Å². The Morgan fingerprint density at radius 2 is 2.03 bits per heavy atom. The molecule has 7 heteroatoms. The van der Waals surface area contributed by atoms with Crippen LogP contribution in [0, 0.1) is 5.41 Å². The number of aliphatic hydroxyl groups is 1. The highest BCUT2D eigenvalue weighted by Gasteiger charge is 2.50. The van der Waals surface area contributed by atoms with E-state index < -0.39 is 0 Å². The molecule has 2 aliphatic heterocycles. The van der Waals surface area contributed by atoms with Crippen molar-refractivity contribution in [2.75, 3.05) is 29.9 Å². The Balaban J connectivity index is 1.43. The number of likely N-dealkylation sites (tertiary alicyclic amines) is 1. The van der Waals surface area contributed by atoms with Crippen LogP contribution in [-0.4, -0.2) is 58.6 Å². The predicted molar refractivity (Wildman–Crippen MR) is 112 cm³/mol. The van der Waals surface area contributed by atoms with E-state index in [4.69, 9.17) is 0 Å². The largest absolute Gasteiger partial charge is 0.393 e. The summed E-state index contributed by atoms with van der Waals surface area (Å²) in [5, 5.41) is 12.6. The average molecular weight is 401 g/mol. The third-order valence-corrected chi connectivity index (χ3v) is 6.91. The van der Waals surface area contributed by atoms with Crippen LogP contribution < -0.4 is 10.2 Å². The van der Waals surface area contributed by atoms with E-state index in [1.165, 1.54) is 0 Å². The van der Waals surface area contributed by atoms with Crippen molar-refractivity contribution in [3.8, 4) is 0 Å². The first kappa shape index (κ1) is 20.1. The first-order valence-corrected chi connectivity index (χ1v) is 11.0. The van der Waals surface area contributed by atoms with Crippen molar-refractivity contribution in [2.24, 2.45) is 5.41 Å². The zero-order valence-corrected chi connectivity index (χ0v) is 17.3. The molecule has 1 atom stereocenters. The molecule has 2 N–H and O–H groups in total. The molecule has 3 heterocycles. The maximum atomic E-state index is 13.4. The smallest absolute Gasteiger partial charge is 0.230 e. The second-order valence-corrected chi connectivity index (χ2v) is 8.82. The van der Waals surface area contributed by atoms with Gasteiger partial charge in [0.1, 0.15) is 5.82 Å². The van der Waals surface area contributed by atoms with Crippen molar-refractivity contribution in [1.82, 2.24) is 9.88 Å². The molecule has 1 aromatic heterocycles. The maximum absolute atomic E-state index is 13.4. The first-order valence-electron chi connectivity index (χ1n) is 11.0. The van der Waals surface area contributed by atoms with Crippen LogP contribution >= 0.6 is 0 Å². The van der Waals surface area contributed by atoms with E-state index in [0.717, 1.165) is 63.9 Å². The van der Waals surface area contributed by atoms with Crippen LogP contribution in [0.15, 0.2) is 18.3 Å². The maximum Gasteiger partial charge on any atom is 0.230 e. The fourth-order valence-corrected chi connectivity index (χ4v) is 5.17. The average Bonchev–Trinajstić information content (AvgIpc) is 3.04. The number of hydrogen-bond acceptors (Lipinski definition) is 5. The fourth-order valence-electron chi connectivity index (χ4n) is 5.17. The second-order valence-electron chi connectivity index (χ2n) is 8.82. The summed E-state index contributed by atoms with van der Waals surface area (Å²) >= 11 is 0. The normalized spacial score (nSPS) is 30.1. The van der Waals surface area contributed by atoms with Gasteiger partial charge >= 0.3 is 0 Å². The van der Waals surface area contributed by atoms with Gasteiger partial charge in [0, 0.05) is 32.1 Å². The molecular weight excluding hydrogens is 368 g/mol. The summed E-state index contributed by atoms with van der Waals surface area (Å²) in [6.45, 7) is 4.27. The van der Waals surface area contributed by atoms with Gasteiger partial charge in [-0.15, -0.1) is 0 Å². The topological polar surface area (TPSA) is 85.8 Å². The summed E-state index contributed by atoms with van der Waals surface area (Å²) in [7, 11) is 0. The molecule has 1 spiro atoms. The van der Waals surface area contributed by atoms with E-state index in [0.29, 0.717) is 30.6 Å². The van der Waals surface area contributed by atoms with Gasteiger partial charge in [-0.25, -0.2) is 4.98 Å². The predicted octanol–water partition coefficient (Wildman–Crippen LogP) is 2.55. The van der Waals surface area contributed by atoms with Gasteiger partial charge in [0.25, 0.3) is 0 Å². The summed E-state index contributed by atoms with van der Waals surface area (Å²) in [5.74, 6) is 1.14. The monoisotopic (exact) mass is 400 g/mol. The van der Waals surface area contributed by atoms with Crippen LogP contribution in [-0.2, 0) is 9.59 Å². The number of nitrogens with zero attached hydrogens (tertiary/aromatic N) is 3. The van der Waals surface area contributed by atoms with Crippen molar-refractivity contribution in [2.45, 2.75) is 70.4 Å². The number of pyridine rings is 1. The minimum absolute atomic E-state index is 0.0247. The summed E-state index contributed by atoms with van der Waals surface area (Å²) in [5.41, 5.74) is 0.403. The summed E-state index contributed by atoms with van der Waals surface area (Å²) in [4.78, 5) is 33.8. The number of aliphatic hydroxyl groups excluding tert-OH is 1. The van der Waals surface area contributed by atoms with Crippen LogP contribution in [0.2, 0.25) is 0 Å². The minimum atomic E-state index is -0.301. The molecule has 1 saturated carbocycles. The first-order chi connectivity index (χ1) is 14.0. The number of carbonyl (C=O) groups is 2. The Kier molecular flexibility index (Phi) is 5.76. The quantitative estimate of drug-likeness (QED) is 0.811. The van der Waals surface area contributed by atoms with Crippen LogP contribution in [0.5, 0.6) is 0 Å². The Bertz CT molecular complexity index is 745. The van der Waals surface area contributed by atoms with Gasteiger partial charge < -0.3 is 20.2 Å². The second kappa shape index (κ2) is 8.30. The number of amides is 2. The minimum Gasteiger partial charge on any atom is -0.393 e. The molecule has 0 aromatic carbocycles. The number of aromatic nitrogens is 1. The van der Waals surface area contributed by atoms with Gasteiger partial charge in [-0.3, -0.25) is 9.59 Å². The molecule has 0 bridgehead atoms. The van der Waals surface area contributed by atoms with Crippen LogP contribution in [0.4, 0.5) is 11.5 Å². The number of nitrogens with one attached hydrogen (secondary N) is 1. The van der Waals surface area contributed by atoms with Gasteiger partial charge in [0.2, 0.25) is 11.8 Å². The van der Waals surface area contributed by atoms with Gasteiger partial charge in [0.05, 0.1) is 23.4 Å². The summed E-state index contributed by atoms with van der Waals surface area (Å²) in [6.07, 6.45) is 8.22. The Hall–Kier alpha value is -2.15. The highest BCUT2D eigenvalue weighted by atomic mass is 16.3. The zero-order chi connectivity index (χ0) is 20.4. The van der Waals surface area contributed by atoms with Crippen LogP contribution in [0.25, 0.3) is 0 Å². The molecule has 2 saturated heterocycles. The van der Waals surface area contributed by atoms with Crippen molar-refractivity contribution >= 4 is 23.3 Å². The molecule has 158 valence electrons. The molecule has 7 nitrogen and oxygen atoms in total. The lowest BCUT2D eigenvalue weighted by Gasteiger charge is -2.41. The zero-order valence-electron chi connectivity index (χ0n) is 17.3. The number of anilines is 2. The van der Waals surface area contributed by atoms with Gasteiger partial charge in [-0.05, 0) is 57.1 Å². The fraction of sp³-hybridized carbons (Fsp3) is 0.682. The van der Waals surface area contributed by atoms with E-state index in [1.54, 1.807) is 6.20 Å². The molecule has 1 aromatic rings. The molecule has 0 unspecified atom stereocenters. The summed E-state index contributed by atoms with van der Waals surface area (Å²) < 4.78 is 0. The summed E-state index contributed by atoms with van der Waals surface area (Å²) in [6, 6.07) is 4.11. The van der Waals surface area contributed by atoms with E-state index in [9.17, 15) is 14.7 Å². The molecule has 1 aliphatic carbocycles. The number of piperidine rings is 1. The van der Waals surface area contributed by atoms with E-state index in [-0.39, 0.29) is 17.4 Å². The standard InChI is InChI=1S/C22H32N4O3/c1-2-20(28)24-16-4-9-19(23-14-16)25-12-3-10-22(15-25)11-13-26(21(22)29)17-5-7-18(27)8-6-17/h4,9,14,17-18,27H,2-3,5-8,10-13,15H2,1H3,(H,24,28)/t17?,18?,22-/m0/s1. The highest BCUT2D eigenvalue weighted by molar-refractivity contribution is 5.90. The van der Waals surface area contributed by atoms with Crippen molar-refractivity contribution < 1.29 is 14.7 Å². The van der Waals surface area contributed by atoms with Crippen molar-refractivity contribution in [3.63, 3.8) is 0 Å². The highest BCUT2D eigenvalue weighted by Crippen LogP contribution is 2.43. The van der Waals surface area contributed by atoms with Gasteiger partial charge in [0.15, 0.2) is 0 Å². The number of rotatable bonds is 4. The molecule has 29 heavy (non-hydrogen) atoms. The molecule has 0 radical (unpaired) electrons. The van der Waals surface area contributed by atoms with Crippen LogP contribution in [0.3, 0.4) is 0 Å². The molecule has 3 fully saturated rings. The third kappa shape index (κ3) is 4.10. The van der Waals surface area contributed by atoms with E-state index in [1.807, 2.05) is 19.1 Å².